The highest BCUT2D eigenvalue weighted by molar-refractivity contribution is 7.88. The molecule has 2 fully saturated rings. The van der Waals surface area contributed by atoms with Gasteiger partial charge < -0.3 is 10.0 Å². The van der Waals surface area contributed by atoms with E-state index < -0.39 is 15.6 Å². The smallest absolute Gasteiger partial charge is 0.211 e. The van der Waals surface area contributed by atoms with Crippen molar-refractivity contribution >= 4 is 26.5 Å². The first-order valence-electron chi connectivity index (χ1n) is 8.66. The van der Waals surface area contributed by atoms with E-state index in [0.29, 0.717) is 39.0 Å². The van der Waals surface area contributed by atoms with Gasteiger partial charge in [0.15, 0.2) is 0 Å². The summed E-state index contributed by atoms with van der Waals surface area (Å²) in [4.78, 5) is 2.12. The Hall–Kier alpha value is -1.55. The van der Waals surface area contributed by atoms with Crippen LogP contribution in [-0.4, -0.2) is 66.1 Å². The van der Waals surface area contributed by atoms with E-state index in [1.54, 1.807) is 0 Å². The van der Waals surface area contributed by atoms with Gasteiger partial charge in [-0.2, -0.15) is 0 Å². The molecule has 0 spiro atoms. The lowest BCUT2D eigenvalue weighted by atomic mass is 9.76. The molecule has 0 radical (unpaired) electrons. The maximum Gasteiger partial charge on any atom is 0.211 e. The van der Waals surface area contributed by atoms with Crippen molar-refractivity contribution in [3.8, 4) is 10.6 Å². The monoisotopic (exact) mass is 394 g/mol. The summed E-state index contributed by atoms with van der Waals surface area (Å²) >= 11 is 1.53. The van der Waals surface area contributed by atoms with Gasteiger partial charge in [0.1, 0.15) is 5.01 Å². The summed E-state index contributed by atoms with van der Waals surface area (Å²) in [5.74, 6) is -0.121. The van der Waals surface area contributed by atoms with E-state index in [0.717, 1.165) is 15.7 Å². The largest absolute Gasteiger partial charge is 0.389 e. The number of sulfonamides is 1. The fraction of sp³-hybridized carbons (Fsp3) is 0.529. The van der Waals surface area contributed by atoms with Gasteiger partial charge in [-0.05, 0) is 12.8 Å². The molecule has 0 saturated carbocycles. The summed E-state index contributed by atoms with van der Waals surface area (Å²) in [5, 5.41) is 21.2. The number of fused-ring (bicyclic) bond motifs is 1. The van der Waals surface area contributed by atoms with Crippen molar-refractivity contribution < 1.29 is 13.5 Å². The number of hydrogen-bond donors (Lipinski definition) is 1. The number of benzene rings is 1. The van der Waals surface area contributed by atoms with Crippen LogP contribution in [0.15, 0.2) is 30.3 Å². The van der Waals surface area contributed by atoms with Gasteiger partial charge in [-0.1, -0.05) is 41.7 Å². The summed E-state index contributed by atoms with van der Waals surface area (Å²) in [6, 6.07) is 9.92. The predicted octanol–water partition coefficient (Wildman–Crippen LogP) is 1.43. The van der Waals surface area contributed by atoms with Crippen molar-refractivity contribution in [2.24, 2.45) is 5.92 Å². The zero-order valence-corrected chi connectivity index (χ0v) is 16.2. The molecule has 3 heterocycles. The Kier molecular flexibility index (Phi) is 4.50. The molecule has 2 saturated heterocycles. The van der Waals surface area contributed by atoms with Crippen LogP contribution >= 0.6 is 11.3 Å². The second kappa shape index (κ2) is 6.56. The van der Waals surface area contributed by atoms with E-state index in [9.17, 15) is 13.5 Å². The summed E-state index contributed by atoms with van der Waals surface area (Å²) < 4.78 is 25.3. The van der Waals surface area contributed by atoms with E-state index >= 15 is 0 Å². The molecule has 1 N–H and O–H groups in total. The third-order valence-corrected chi connectivity index (χ3v) is 7.71. The van der Waals surface area contributed by atoms with Crippen molar-refractivity contribution in [2.45, 2.75) is 18.4 Å². The van der Waals surface area contributed by atoms with Gasteiger partial charge in [-0.15, -0.1) is 10.2 Å². The second-order valence-electron chi connectivity index (χ2n) is 7.12. The average Bonchev–Trinajstić information content (AvgIpc) is 3.10. The molecule has 1 aromatic carbocycles. The Bertz CT molecular complexity index is 886. The van der Waals surface area contributed by atoms with Crippen molar-refractivity contribution in [3.05, 3.63) is 30.3 Å². The maximum absolute atomic E-state index is 11.9. The Balaban J connectivity index is 1.52. The van der Waals surface area contributed by atoms with Crippen molar-refractivity contribution in [2.75, 3.05) is 37.3 Å². The third-order valence-electron chi connectivity index (χ3n) is 5.41. The predicted molar refractivity (Wildman–Crippen MR) is 102 cm³/mol. The van der Waals surface area contributed by atoms with Crippen LogP contribution in [0.25, 0.3) is 10.6 Å². The molecule has 2 atom stereocenters. The number of aromatic nitrogens is 2. The summed E-state index contributed by atoms with van der Waals surface area (Å²) in [6.07, 6.45) is 2.34. The molecule has 0 aliphatic carbocycles. The minimum Gasteiger partial charge on any atom is -0.389 e. The Labute approximate surface area is 157 Å². The Morgan fingerprint density at radius 1 is 1.15 bits per heavy atom. The third kappa shape index (κ3) is 3.36. The maximum atomic E-state index is 11.9. The lowest BCUT2D eigenvalue weighted by Gasteiger charge is -2.49. The van der Waals surface area contributed by atoms with Gasteiger partial charge in [0, 0.05) is 37.7 Å². The van der Waals surface area contributed by atoms with Crippen LogP contribution in [0.5, 0.6) is 0 Å². The number of aliphatic hydroxyl groups is 1. The minimum atomic E-state index is -3.24. The van der Waals surface area contributed by atoms with Crippen LogP contribution in [0.2, 0.25) is 0 Å². The van der Waals surface area contributed by atoms with Crippen LogP contribution in [0.3, 0.4) is 0 Å². The fourth-order valence-electron chi connectivity index (χ4n) is 3.79. The zero-order chi connectivity index (χ0) is 18.4. The molecule has 26 heavy (non-hydrogen) atoms. The molecule has 2 aliphatic rings. The summed E-state index contributed by atoms with van der Waals surface area (Å²) in [6.45, 7) is 2.04. The quantitative estimate of drug-likeness (QED) is 0.847. The molecule has 0 amide bonds. The molecule has 0 bridgehead atoms. The molecular formula is C17H22N4O3S2. The van der Waals surface area contributed by atoms with Gasteiger partial charge in [-0.25, -0.2) is 12.7 Å². The van der Waals surface area contributed by atoms with E-state index in [-0.39, 0.29) is 5.92 Å². The highest BCUT2D eigenvalue weighted by atomic mass is 32.2. The van der Waals surface area contributed by atoms with Crippen molar-refractivity contribution in [1.29, 1.82) is 0 Å². The molecule has 9 heteroatoms. The van der Waals surface area contributed by atoms with Crippen molar-refractivity contribution in [3.63, 3.8) is 0 Å². The van der Waals surface area contributed by atoms with Gasteiger partial charge in [0.05, 0.1) is 11.9 Å². The van der Waals surface area contributed by atoms with Crippen LogP contribution in [0.4, 0.5) is 5.13 Å². The van der Waals surface area contributed by atoms with E-state index in [1.807, 2.05) is 30.3 Å². The molecule has 140 valence electrons. The lowest BCUT2D eigenvalue weighted by Crippen LogP contribution is -2.60. The highest BCUT2D eigenvalue weighted by Crippen LogP contribution is 2.39. The summed E-state index contributed by atoms with van der Waals surface area (Å²) in [7, 11) is -3.24. The molecule has 4 rings (SSSR count). The number of hydrogen-bond acceptors (Lipinski definition) is 7. The molecule has 7 nitrogen and oxygen atoms in total. The average molecular weight is 395 g/mol. The van der Waals surface area contributed by atoms with Crippen LogP contribution in [-0.2, 0) is 10.0 Å². The Morgan fingerprint density at radius 3 is 2.62 bits per heavy atom. The van der Waals surface area contributed by atoms with Crippen LogP contribution < -0.4 is 4.90 Å². The summed E-state index contributed by atoms with van der Waals surface area (Å²) in [5.41, 5.74) is 0.246. The lowest BCUT2D eigenvalue weighted by molar-refractivity contribution is -0.0687. The topological polar surface area (TPSA) is 86.6 Å². The van der Waals surface area contributed by atoms with Gasteiger partial charge in [0.2, 0.25) is 15.2 Å². The second-order valence-corrected chi connectivity index (χ2v) is 10.1. The van der Waals surface area contributed by atoms with E-state index in [4.69, 9.17) is 0 Å². The van der Waals surface area contributed by atoms with Gasteiger partial charge in [-0.3, -0.25) is 0 Å². The van der Waals surface area contributed by atoms with E-state index in [2.05, 4.69) is 15.1 Å². The van der Waals surface area contributed by atoms with Gasteiger partial charge >= 0.3 is 0 Å². The number of anilines is 1. The highest BCUT2D eigenvalue weighted by Gasteiger charge is 2.47. The molecule has 0 unspecified atom stereocenters. The van der Waals surface area contributed by atoms with E-state index in [1.165, 1.54) is 21.9 Å². The SMILES string of the molecule is CS(=O)(=O)N1CC[C@@]2(O)CCN(c3nnc(-c4ccccc4)s3)C[C@H]2C1. The minimum absolute atomic E-state index is 0.121. The standard InChI is InChI=1S/C17H22N4O3S2/c1-26(23,24)21-10-8-17(22)7-9-20(11-14(17)12-21)16-19-18-15(25-16)13-5-3-2-4-6-13/h2-6,14,22H,7-12H2,1H3/t14-,17-/m0/s1. The molecule has 2 aliphatic heterocycles. The first kappa shape index (κ1) is 17.8. The van der Waals surface area contributed by atoms with Gasteiger partial charge in [0.25, 0.3) is 0 Å². The fourth-order valence-corrected chi connectivity index (χ4v) is 5.55. The zero-order valence-electron chi connectivity index (χ0n) is 14.6. The normalized spacial score (nSPS) is 27.3. The molecule has 1 aromatic heterocycles. The molecular weight excluding hydrogens is 372 g/mol. The number of piperidine rings is 2. The van der Waals surface area contributed by atoms with Crippen LogP contribution in [0, 0.1) is 5.92 Å². The van der Waals surface area contributed by atoms with Crippen molar-refractivity contribution in [1.82, 2.24) is 14.5 Å². The molecule has 2 aromatic rings. The number of nitrogens with zero attached hydrogens (tertiary/aromatic N) is 4. The first-order valence-corrected chi connectivity index (χ1v) is 11.3. The number of rotatable bonds is 3. The van der Waals surface area contributed by atoms with Crippen LogP contribution in [0.1, 0.15) is 12.8 Å². The first-order chi connectivity index (χ1) is 12.4. The Morgan fingerprint density at radius 2 is 1.88 bits per heavy atom.